The van der Waals surface area contributed by atoms with E-state index in [1.54, 1.807) is 0 Å². The van der Waals surface area contributed by atoms with Gasteiger partial charge >= 0.3 is 5.97 Å². The molecule has 0 aliphatic carbocycles. The third-order valence-corrected chi connectivity index (χ3v) is 0.357. The van der Waals surface area contributed by atoms with Gasteiger partial charge in [-0.1, -0.05) is 0 Å². The van der Waals surface area contributed by atoms with Crippen molar-refractivity contribution in [2.45, 2.75) is 13.0 Å². The Morgan fingerprint density at radius 1 is 1.71 bits per heavy atom. The van der Waals surface area contributed by atoms with Crippen molar-refractivity contribution >= 4 is 5.97 Å². The van der Waals surface area contributed by atoms with Crippen LogP contribution in [0.4, 0.5) is 0 Å². The molecule has 0 aliphatic rings. The zero-order valence-electron chi connectivity index (χ0n) is 3.76. The summed E-state index contributed by atoms with van der Waals surface area (Å²) in [5.41, 5.74) is 0. The largest absolute Gasteiger partial charge is 0.479 e. The van der Waals surface area contributed by atoms with Crippen molar-refractivity contribution < 1.29 is 64.4 Å². The van der Waals surface area contributed by atoms with Gasteiger partial charge in [-0.25, -0.2) is 4.79 Å². The van der Waals surface area contributed by atoms with Gasteiger partial charge in [-0.05, 0) is 6.92 Å². The van der Waals surface area contributed by atoms with E-state index < -0.39 is 12.1 Å². The quantitative estimate of drug-likeness (QED) is 0.648. The fourth-order valence-electron chi connectivity index (χ4n) is 0. The maximum absolute atomic E-state index is 9.45. The normalized spacial score (nSPS) is 11.7. The van der Waals surface area contributed by atoms with Gasteiger partial charge in [0.25, 0.3) is 0 Å². The molecule has 1 unspecified atom stereocenters. The zero-order valence-corrected chi connectivity index (χ0v) is 6.18. The second-order valence-corrected chi connectivity index (χ2v) is 1.01. The summed E-state index contributed by atoms with van der Waals surface area (Å²) in [5, 5.41) is 15.8. The Kier molecular flexibility index (Phi) is 8.03. The third-order valence-electron chi connectivity index (χ3n) is 0.357. The van der Waals surface area contributed by atoms with Gasteiger partial charge < -0.3 is 10.2 Å². The molecule has 0 aromatic heterocycles. The molecule has 0 amide bonds. The van der Waals surface area contributed by atoms with Crippen molar-refractivity contribution in [3.05, 3.63) is 0 Å². The van der Waals surface area contributed by atoms with Gasteiger partial charge in [-0.3, -0.25) is 0 Å². The van der Waals surface area contributed by atoms with Crippen molar-refractivity contribution in [3.63, 3.8) is 0 Å². The molecule has 0 heterocycles. The SMILES string of the molecule is CC(O)C(=O)O.[Eu]. The average Bonchev–Trinajstić information content (AvgIpc) is 1.36. The molecule has 0 saturated carbocycles. The summed E-state index contributed by atoms with van der Waals surface area (Å²) in [6.07, 6.45) is -1.23. The Labute approximate surface area is 82.3 Å². The number of hydrogen-bond acceptors (Lipinski definition) is 2. The zero-order chi connectivity index (χ0) is 5.15. The van der Waals surface area contributed by atoms with Gasteiger partial charge in [0, 0.05) is 49.4 Å². The molecular formula is C3H6EuO3. The van der Waals surface area contributed by atoms with E-state index in [9.17, 15) is 4.79 Å². The number of carboxylic acid groups (broad SMARTS) is 1. The monoisotopic (exact) mass is 243 g/mol. The molecule has 0 fully saturated rings. The topological polar surface area (TPSA) is 57.5 Å². The molecule has 3 nitrogen and oxygen atoms in total. The van der Waals surface area contributed by atoms with Crippen LogP contribution in [-0.4, -0.2) is 22.3 Å². The molecule has 0 spiro atoms. The van der Waals surface area contributed by atoms with Crippen LogP contribution in [0.25, 0.3) is 0 Å². The number of rotatable bonds is 1. The van der Waals surface area contributed by atoms with Crippen LogP contribution < -0.4 is 0 Å². The van der Waals surface area contributed by atoms with E-state index in [1.807, 2.05) is 0 Å². The molecule has 0 aliphatic heterocycles. The van der Waals surface area contributed by atoms with Crippen LogP contribution in [0.3, 0.4) is 0 Å². The number of carboxylic acids is 1. The van der Waals surface area contributed by atoms with Gasteiger partial charge in [0.05, 0.1) is 0 Å². The van der Waals surface area contributed by atoms with Crippen LogP contribution in [0.15, 0.2) is 0 Å². The minimum Gasteiger partial charge on any atom is -0.479 e. The maximum atomic E-state index is 9.45. The van der Waals surface area contributed by atoms with E-state index >= 15 is 0 Å². The van der Waals surface area contributed by atoms with Crippen molar-refractivity contribution in [2.24, 2.45) is 0 Å². The minimum absolute atomic E-state index is 0. The first-order chi connectivity index (χ1) is 2.64. The molecule has 7 heavy (non-hydrogen) atoms. The summed E-state index contributed by atoms with van der Waals surface area (Å²) in [4.78, 5) is 9.45. The standard InChI is InChI=1S/C3H6O3.Eu/c1-2(4)3(5)6;/h2,4H,1H3,(H,5,6);. The van der Waals surface area contributed by atoms with Gasteiger partial charge in [0.1, 0.15) is 6.10 Å². The third kappa shape index (κ3) is 7.01. The molecule has 0 saturated heterocycles. The molecule has 0 aromatic carbocycles. The predicted octanol–water partition coefficient (Wildman–Crippen LogP) is -0.548. The van der Waals surface area contributed by atoms with E-state index in [2.05, 4.69) is 0 Å². The van der Waals surface area contributed by atoms with E-state index in [-0.39, 0.29) is 49.4 Å². The van der Waals surface area contributed by atoms with Gasteiger partial charge in [-0.2, -0.15) is 0 Å². The Balaban J connectivity index is 0. The number of hydrogen-bond donors (Lipinski definition) is 2. The first-order valence-electron chi connectivity index (χ1n) is 1.55. The van der Waals surface area contributed by atoms with Crippen LogP contribution in [0.5, 0.6) is 0 Å². The van der Waals surface area contributed by atoms with E-state index in [0.29, 0.717) is 0 Å². The van der Waals surface area contributed by atoms with E-state index in [0.717, 1.165) is 0 Å². The Hall–Kier alpha value is 1.01. The van der Waals surface area contributed by atoms with Gasteiger partial charge in [0.2, 0.25) is 0 Å². The average molecular weight is 242 g/mol. The summed E-state index contributed by atoms with van der Waals surface area (Å²) in [6, 6.07) is 0. The van der Waals surface area contributed by atoms with Crippen molar-refractivity contribution in [3.8, 4) is 0 Å². The molecule has 2 N–H and O–H groups in total. The Morgan fingerprint density at radius 3 is 1.86 bits per heavy atom. The molecule has 1 atom stereocenters. The molecule has 0 rings (SSSR count). The fourth-order valence-corrected chi connectivity index (χ4v) is 0. The van der Waals surface area contributed by atoms with Crippen molar-refractivity contribution in [1.82, 2.24) is 0 Å². The first-order valence-corrected chi connectivity index (χ1v) is 1.55. The van der Waals surface area contributed by atoms with Crippen molar-refractivity contribution in [2.75, 3.05) is 0 Å². The smallest absolute Gasteiger partial charge is 0.332 e. The first kappa shape index (κ1) is 10.9. The summed E-state index contributed by atoms with van der Waals surface area (Å²) < 4.78 is 0. The molecule has 0 aromatic rings. The molecular weight excluding hydrogens is 236 g/mol. The van der Waals surface area contributed by atoms with Gasteiger partial charge in [-0.15, -0.1) is 0 Å². The van der Waals surface area contributed by atoms with Crippen LogP contribution >= 0.6 is 0 Å². The predicted molar refractivity (Wildman–Crippen MR) is 19.3 cm³/mol. The van der Waals surface area contributed by atoms with Gasteiger partial charge in [0.15, 0.2) is 0 Å². The van der Waals surface area contributed by atoms with Crippen molar-refractivity contribution in [1.29, 1.82) is 0 Å². The summed E-state index contributed by atoms with van der Waals surface area (Å²) in [5.74, 6) is -1.19. The van der Waals surface area contributed by atoms with Crippen LogP contribution in [0, 0.1) is 49.4 Å². The summed E-state index contributed by atoms with van der Waals surface area (Å²) in [6.45, 7) is 1.20. The van der Waals surface area contributed by atoms with Crippen LogP contribution in [-0.2, 0) is 4.79 Å². The second kappa shape index (κ2) is 5.16. The number of aliphatic carboxylic acids is 1. The number of aliphatic hydroxyl groups is 1. The molecule has 43 valence electrons. The Morgan fingerprint density at radius 2 is 1.86 bits per heavy atom. The molecule has 0 bridgehead atoms. The fraction of sp³-hybridized carbons (Fsp3) is 0.667. The van der Waals surface area contributed by atoms with Crippen LogP contribution in [0.2, 0.25) is 0 Å². The molecule has 1 radical (unpaired) electrons. The maximum Gasteiger partial charge on any atom is 0.332 e. The van der Waals surface area contributed by atoms with E-state index in [4.69, 9.17) is 10.2 Å². The summed E-state index contributed by atoms with van der Waals surface area (Å²) in [7, 11) is 0. The molecule has 4 heteroatoms. The Bertz CT molecular complexity index is 61.2. The summed E-state index contributed by atoms with van der Waals surface area (Å²) >= 11 is 0. The van der Waals surface area contributed by atoms with E-state index in [1.165, 1.54) is 6.92 Å². The number of carbonyl (C=O) groups is 1. The minimum atomic E-state index is -1.23. The van der Waals surface area contributed by atoms with Crippen LogP contribution in [0.1, 0.15) is 6.92 Å². The second-order valence-electron chi connectivity index (χ2n) is 1.01. The number of aliphatic hydroxyl groups excluding tert-OH is 1.